The van der Waals surface area contributed by atoms with Gasteiger partial charge in [-0.3, -0.25) is 0 Å². The van der Waals surface area contributed by atoms with Crippen molar-refractivity contribution in [3.05, 3.63) is 100 Å². The van der Waals surface area contributed by atoms with Crippen LogP contribution in [0.25, 0.3) is 17.0 Å². The maximum atomic E-state index is 6.99. The molecule has 3 aromatic carbocycles. The first-order valence-electron chi connectivity index (χ1n) is 13.2. The van der Waals surface area contributed by atoms with Gasteiger partial charge in [0.15, 0.2) is 5.60 Å². The Morgan fingerprint density at radius 1 is 0.838 bits per heavy atom. The summed E-state index contributed by atoms with van der Waals surface area (Å²) in [5.41, 5.74) is 5.28. The second-order valence-corrected chi connectivity index (χ2v) is 11.4. The van der Waals surface area contributed by atoms with Crippen molar-refractivity contribution in [2.24, 2.45) is 0 Å². The fraction of sp³-hybridized carbons (Fsp3) is 0.312. The summed E-state index contributed by atoms with van der Waals surface area (Å²) < 4.78 is 6.99. The monoisotopic (exact) mass is 509 g/mol. The summed E-state index contributed by atoms with van der Waals surface area (Å²) in [5.74, 6) is 0.815. The maximum absolute atomic E-state index is 6.99. The summed E-state index contributed by atoms with van der Waals surface area (Å²) in [5, 5.41) is 1.26. The molecule has 2 aliphatic heterocycles. The normalized spacial score (nSPS) is 19.5. The lowest BCUT2D eigenvalue weighted by Crippen LogP contribution is -2.34. The zero-order valence-electron chi connectivity index (χ0n) is 21.7. The van der Waals surface area contributed by atoms with Gasteiger partial charge in [-0.2, -0.15) is 0 Å². The molecule has 0 amide bonds. The van der Waals surface area contributed by atoms with Crippen molar-refractivity contribution < 1.29 is 4.74 Å². The molecule has 4 aromatic rings. The number of aromatic nitrogens is 2. The largest absolute Gasteiger partial charge is 0.473 e. The van der Waals surface area contributed by atoms with E-state index in [1.807, 2.05) is 18.2 Å². The highest BCUT2D eigenvalue weighted by molar-refractivity contribution is 6.28. The molecule has 37 heavy (non-hydrogen) atoms. The van der Waals surface area contributed by atoms with E-state index in [1.165, 1.54) is 24.9 Å². The summed E-state index contributed by atoms with van der Waals surface area (Å²) >= 11 is 6.31. The van der Waals surface area contributed by atoms with Crippen LogP contribution in [0.5, 0.6) is 5.75 Å². The number of hydrogen-bond donors (Lipinski definition) is 0. The summed E-state index contributed by atoms with van der Waals surface area (Å²) in [4.78, 5) is 11.7. The molecule has 0 aliphatic carbocycles. The van der Waals surface area contributed by atoms with Gasteiger partial charge in [0.1, 0.15) is 5.75 Å². The second kappa shape index (κ2) is 9.18. The number of benzene rings is 3. The van der Waals surface area contributed by atoms with Gasteiger partial charge in [0.25, 0.3) is 0 Å². The van der Waals surface area contributed by atoms with Crippen LogP contribution in [0, 0.1) is 0 Å². The first kappa shape index (κ1) is 24.0. The molecule has 1 fully saturated rings. The molecular formula is C32H32ClN3O. The van der Waals surface area contributed by atoms with E-state index in [4.69, 9.17) is 16.3 Å². The topological polar surface area (TPSA) is 38.2 Å². The summed E-state index contributed by atoms with van der Waals surface area (Å²) in [7, 11) is 0. The average molecular weight is 510 g/mol. The molecule has 0 saturated carbocycles. The summed E-state index contributed by atoms with van der Waals surface area (Å²) in [6.45, 7) is 8.70. The Kier molecular flexibility index (Phi) is 5.95. The van der Waals surface area contributed by atoms with Crippen LogP contribution >= 0.6 is 11.6 Å². The molecule has 0 spiro atoms. The van der Waals surface area contributed by atoms with Gasteiger partial charge >= 0.3 is 0 Å². The van der Waals surface area contributed by atoms with Crippen LogP contribution in [0.15, 0.2) is 72.8 Å². The number of rotatable bonds is 3. The van der Waals surface area contributed by atoms with Crippen molar-refractivity contribution >= 4 is 34.3 Å². The van der Waals surface area contributed by atoms with Gasteiger partial charge in [-0.15, -0.1) is 0 Å². The molecule has 188 valence electrons. The Labute approximate surface area is 224 Å². The molecular weight excluding hydrogens is 478 g/mol. The van der Waals surface area contributed by atoms with E-state index in [0.717, 1.165) is 52.1 Å². The van der Waals surface area contributed by atoms with Crippen molar-refractivity contribution in [2.75, 3.05) is 18.0 Å². The zero-order valence-corrected chi connectivity index (χ0v) is 22.4. The molecule has 1 saturated heterocycles. The van der Waals surface area contributed by atoms with E-state index in [2.05, 4.69) is 96.3 Å². The predicted octanol–water partition coefficient (Wildman–Crippen LogP) is 7.92. The van der Waals surface area contributed by atoms with Crippen LogP contribution in [0.1, 0.15) is 62.4 Å². The van der Waals surface area contributed by atoms with Gasteiger partial charge in [0.2, 0.25) is 5.28 Å². The third kappa shape index (κ3) is 4.27. The van der Waals surface area contributed by atoms with E-state index in [9.17, 15) is 0 Å². The second-order valence-electron chi connectivity index (χ2n) is 11.1. The van der Waals surface area contributed by atoms with Crippen molar-refractivity contribution in [2.45, 2.75) is 51.0 Å². The molecule has 3 heterocycles. The Hall–Kier alpha value is -3.37. The predicted molar refractivity (Wildman–Crippen MR) is 153 cm³/mol. The average Bonchev–Trinajstić information content (AvgIpc) is 2.92. The van der Waals surface area contributed by atoms with Gasteiger partial charge in [0, 0.05) is 46.3 Å². The van der Waals surface area contributed by atoms with Gasteiger partial charge in [0.05, 0.1) is 11.2 Å². The highest BCUT2D eigenvalue weighted by atomic mass is 35.5. The van der Waals surface area contributed by atoms with Crippen LogP contribution in [-0.4, -0.2) is 23.1 Å². The van der Waals surface area contributed by atoms with E-state index in [1.54, 1.807) is 0 Å². The number of halogens is 1. The lowest BCUT2D eigenvalue weighted by molar-refractivity contribution is 0.161. The highest BCUT2D eigenvalue weighted by Gasteiger charge is 2.38. The Morgan fingerprint density at radius 3 is 2.24 bits per heavy atom. The number of hydrogen-bond acceptors (Lipinski definition) is 4. The van der Waals surface area contributed by atoms with Crippen molar-refractivity contribution in [1.29, 1.82) is 0 Å². The van der Waals surface area contributed by atoms with Gasteiger partial charge < -0.3 is 9.64 Å². The fourth-order valence-corrected chi connectivity index (χ4v) is 5.82. The number of anilines is 1. The van der Waals surface area contributed by atoms with Gasteiger partial charge in [-0.25, -0.2) is 9.97 Å². The maximum Gasteiger partial charge on any atom is 0.223 e. The van der Waals surface area contributed by atoms with Crippen LogP contribution < -0.4 is 9.64 Å². The molecule has 0 radical (unpaired) electrons. The Balaban J connectivity index is 1.49. The minimum absolute atomic E-state index is 0.202. The lowest BCUT2D eigenvalue weighted by Gasteiger charge is -2.37. The first-order valence-corrected chi connectivity index (χ1v) is 13.5. The van der Waals surface area contributed by atoms with E-state index < -0.39 is 5.60 Å². The van der Waals surface area contributed by atoms with E-state index in [0.29, 0.717) is 0 Å². The molecule has 1 aromatic heterocycles. The molecule has 4 nitrogen and oxygen atoms in total. The number of piperidine rings is 1. The van der Waals surface area contributed by atoms with Crippen LogP contribution in [0.3, 0.4) is 0 Å². The Morgan fingerprint density at radius 2 is 1.54 bits per heavy atom. The van der Waals surface area contributed by atoms with Crippen LogP contribution in [0.2, 0.25) is 5.28 Å². The highest BCUT2D eigenvalue weighted by Crippen LogP contribution is 2.45. The quantitative estimate of drug-likeness (QED) is 0.263. The summed E-state index contributed by atoms with van der Waals surface area (Å²) in [6, 6.07) is 23.4. The summed E-state index contributed by atoms with van der Waals surface area (Å²) in [6.07, 6.45) is 8.21. The third-order valence-electron chi connectivity index (χ3n) is 7.52. The fourth-order valence-electron chi connectivity index (χ4n) is 5.64. The molecule has 0 N–H and O–H groups in total. The number of ether oxygens (including phenoxy) is 1. The van der Waals surface area contributed by atoms with E-state index in [-0.39, 0.29) is 10.7 Å². The molecule has 6 rings (SSSR count). The van der Waals surface area contributed by atoms with Crippen molar-refractivity contribution in [1.82, 2.24) is 9.97 Å². The number of fused-ring (bicyclic) bond motifs is 3. The van der Waals surface area contributed by atoms with Crippen LogP contribution in [0.4, 0.5) is 5.69 Å². The minimum Gasteiger partial charge on any atom is -0.473 e. The van der Waals surface area contributed by atoms with Crippen molar-refractivity contribution in [3.63, 3.8) is 0 Å². The molecule has 5 heteroatoms. The van der Waals surface area contributed by atoms with Gasteiger partial charge in [-0.05, 0) is 67.3 Å². The zero-order chi connectivity index (χ0) is 25.6. The minimum atomic E-state index is -0.739. The first-order chi connectivity index (χ1) is 17.8. The van der Waals surface area contributed by atoms with Crippen LogP contribution in [-0.2, 0) is 11.0 Å². The molecule has 1 atom stereocenters. The lowest BCUT2D eigenvalue weighted by atomic mass is 9.82. The smallest absolute Gasteiger partial charge is 0.223 e. The molecule has 2 aliphatic rings. The SMILES string of the molecule is CC(C)(C)c1nc(Cl)nc2ccc3c(c12)C=CC(c1ccccc1)(c1ccc(N2CCCCC2)cc1)O3. The van der Waals surface area contributed by atoms with Gasteiger partial charge in [-0.1, -0.05) is 63.2 Å². The third-order valence-corrected chi connectivity index (χ3v) is 7.69. The molecule has 1 unspecified atom stereocenters. The van der Waals surface area contributed by atoms with E-state index >= 15 is 0 Å². The molecule has 0 bridgehead atoms. The standard InChI is InChI=1S/C32H32ClN3O/c1-31(2,3)29-28-25-18-19-32(22-10-6-4-7-11-22,37-27(25)17-16-26(28)34-30(33)35-29)23-12-14-24(15-13-23)36-20-8-5-9-21-36/h4,6-7,10-19H,5,8-9,20-21H2,1-3H3. The Bertz CT molecular complexity index is 1470. The number of nitrogens with zero attached hydrogens (tertiary/aromatic N) is 3. The van der Waals surface area contributed by atoms with Crippen molar-refractivity contribution in [3.8, 4) is 5.75 Å².